The Morgan fingerprint density at radius 3 is 3.00 bits per heavy atom. The summed E-state index contributed by atoms with van der Waals surface area (Å²) < 4.78 is 0. The van der Waals surface area contributed by atoms with Crippen LogP contribution in [0.25, 0.3) is 0 Å². The number of rotatable bonds is 4. The van der Waals surface area contributed by atoms with Gasteiger partial charge in [0, 0.05) is 13.1 Å². The number of aromatic nitrogens is 4. The van der Waals surface area contributed by atoms with Crippen molar-refractivity contribution in [2.45, 2.75) is 0 Å². The van der Waals surface area contributed by atoms with Gasteiger partial charge < -0.3 is 10.6 Å². The highest BCUT2D eigenvalue weighted by Crippen LogP contribution is 1.80. The number of aromatic amines is 1. The molecule has 0 aromatic carbocycles. The summed E-state index contributed by atoms with van der Waals surface area (Å²) in [4.78, 5) is 11.1. The molecule has 7 nitrogen and oxygen atoms in total. The van der Waals surface area contributed by atoms with Crippen LogP contribution in [-0.2, 0) is 0 Å². The number of H-pyrrole nitrogens is 1. The van der Waals surface area contributed by atoms with Crippen LogP contribution in [0, 0.1) is 0 Å². The first-order chi connectivity index (χ1) is 5.84. The number of hydrogen-bond acceptors (Lipinski definition) is 5. The molecule has 1 rings (SSSR count). The molecule has 0 saturated heterocycles. The molecule has 0 spiro atoms. The highest BCUT2D eigenvalue weighted by atomic mass is 16.2. The van der Waals surface area contributed by atoms with Gasteiger partial charge in [0.1, 0.15) is 0 Å². The monoisotopic (exact) mass is 170 g/mol. The highest BCUT2D eigenvalue weighted by Gasteiger charge is 2.08. The van der Waals surface area contributed by atoms with Crippen molar-refractivity contribution in [3.05, 3.63) is 5.82 Å². The van der Waals surface area contributed by atoms with Gasteiger partial charge in [-0.3, -0.25) is 4.79 Å². The molecule has 0 unspecified atom stereocenters. The molecule has 0 radical (unpaired) electrons. The van der Waals surface area contributed by atoms with Crippen LogP contribution in [0.3, 0.4) is 0 Å². The molecule has 0 aliphatic rings. The molecule has 66 valence electrons. The summed E-state index contributed by atoms with van der Waals surface area (Å²) in [5.41, 5.74) is 0. The van der Waals surface area contributed by atoms with Crippen molar-refractivity contribution in [2.75, 3.05) is 20.1 Å². The molecular weight excluding hydrogens is 160 g/mol. The number of carbonyl (C=O) groups is 1. The van der Waals surface area contributed by atoms with E-state index in [-0.39, 0.29) is 11.7 Å². The molecule has 1 aromatic heterocycles. The second kappa shape index (κ2) is 4.39. The van der Waals surface area contributed by atoms with Gasteiger partial charge in [0.05, 0.1) is 0 Å². The van der Waals surface area contributed by atoms with Crippen LogP contribution < -0.4 is 10.6 Å². The minimum absolute atomic E-state index is 0.0612. The Morgan fingerprint density at radius 2 is 2.42 bits per heavy atom. The predicted octanol–water partition coefficient (Wildman–Crippen LogP) is -1.85. The average molecular weight is 170 g/mol. The maximum absolute atomic E-state index is 11.1. The first-order valence-corrected chi connectivity index (χ1v) is 3.51. The van der Waals surface area contributed by atoms with E-state index in [9.17, 15) is 4.79 Å². The zero-order valence-corrected chi connectivity index (χ0v) is 6.66. The molecule has 1 heterocycles. The Bertz CT molecular complexity index is 232. The summed E-state index contributed by atoms with van der Waals surface area (Å²) in [5.74, 6) is -0.259. The smallest absolute Gasteiger partial charge is 0.292 e. The summed E-state index contributed by atoms with van der Waals surface area (Å²) >= 11 is 0. The van der Waals surface area contributed by atoms with Gasteiger partial charge in [0.2, 0.25) is 0 Å². The van der Waals surface area contributed by atoms with E-state index < -0.39 is 0 Å². The summed E-state index contributed by atoms with van der Waals surface area (Å²) in [5, 5.41) is 18.0. The third-order valence-electron chi connectivity index (χ3n) is 1.21. The molecule has 0 bridgehead atoms. The molecule has 12 heavy (non-hydrogen) atoms. The van der Waals surface area contributed by atoms with Crippen LogP contribution in [-0.4, -0.2) is 46.7 Å². The van der Waals surface area contributed by atoms with Crippen molar-refractivity contribution < 1.29 is 4.79 Å². The van der Waals surface area contributed by atoms with E-state index in [1.165, 1.54) is 0 Å². The summed E-state index contributed by atoms with van der Waals surface area (Å²) in [6, 6.07) is 0. The number of tetrazole rings is 1. The van der Waals surface area contributed by atoms with Gasteiger partial charge in [-0.25, -0.2) is 0 Å². The average Bonchev–Trinajstić information content (AvgIpc) is 2.56. The van der Waals surface area contributed by atoms with Crippen LogP contribution >= 0.6 is 0 Å². The number of nitrogens with one attached hydrogen (secondary N) is 3. The van der Waals surface area contributed by atoms with Crippen molar-refractivity contribution in [3.63, 3.8) is 0 Å². The Kier molecular flexibility index (Phi) is 3.15. The molecule has 0 fully saturated rings. The SMILES string of the molecule is CNCCNC(=O)c1nn[nH]n1. The lowest BCUT2D eigenvalue weighted by Crippen LogP contribution is -2.31. The fourth-order valence-corrected chi connectivity index (χ4v) is 0.638. The van der Waals surface area contributed by atoms with Crippen LogP contribution in [0.4, 0.5) is 0 Å². The molecule has 7 heteroatoms. The minimum atomic E-state index is -0.320. The van der Waals surface area contributed by atoms with Gasteiger partial charge in [-0.1, -0.05) is 0 Å². The second-order valence-corrected chi connectivity index (χ2v) is 2.09. The normalized spacial score (nSPS) is 9.75. The fraction of sp³-hybridized carbons (Fsp3) is 0.600. The second-order valence-electron chi connectivity index (χ2n) is 2.09. The van der Waals surface area contributed by atoms with Gasteiger partial charge in [0.25, 0.3) is 11.7 Å². The van der Waals surface area contributed by atoms with Crippen molar-refractivity contribution in [1.29, 1.82) is 0 Å². The Labute approximate surface area is 68.9 Å². The van der Waals surface area contributed by atoms with E-state index in [0.29, 0.717) is 13.1 Å². The van der Waals surface area contributed by atoms with Gasteiger partial charge in [-0.15, -0.1) is 10.2 Å². The topological polar surface area (TPSA) is 95.6 Å². The molecule has 0 aliphatic heterocycles. The van der Waals surface area contributed by atoms with Gasteiger partial charge in [-0.2, -0.15) is 5.21 Å². The number of nitrogens with zero attached hydrogens (tertiary/aromatic N) is 3. The fourth-order valence-electron chi connectivity index (χ4n) is 0.638. The highest BCUT2D eigenvalue weighted by molar-refractivity contribution is 5.89. The quantitative estimate of drug-likeness (QED) is 0.461. The van der Waals surface area contributed by atoms with Crippen molar-refractivity contribution in [3.8, 4) is 0 Å². The van der Waals surface area contributed by atoms with Gasteiger partial charge >= 0.3 is 0 Å². The first kappa shape index (κ1) is 8.60. The Hall–Kier alpha value is -1.50. The third-order valence-corrected chi connectivity index (χ3v) is 1.21. The molecule has 1 amide bonds. The Balaban J connectivity index is 2.30. The maximum Gasteiger partial charge on any atom is 0.292 e. The largest absolute Gasteiger partial charge is 0.348 e. The van der Waals surface area contributed by atoms with Crippen LogP contribution in [0.2, 0.25) is 0 Å². The van der Waals surface area contributed by atoms with Crippen LogP contribution in [0.1, 0.15) is 10.6 Å². The maximum atomic E-state index is 11.1. The number of amides is 1. The zero-order chi connectivity index (χ0) is 8.81. The molecular formula is C5H10N6O. The predicted molar refractivity (Wildman–Crippen MR) is 40.4 cm³/mol. The lowest BCUT2D eigenvalue weighted by molar-refractivity contribution is 0.0944. The first-order valence-electron chi connectivity index (χ1n) is 3.51. The van der Waals surface area contributed by atoms with Crippen molar-refractivity contribution in [1.82, 2.24) is 31.3 Å². The van der Waals surface area contributed by atoms with Crippen LogP contribution in [0.15, 0.2) is 0 Å². The molecule has 1 aromatic rings. The zero-order valence-electron chi connectivity index (χ0n) is 6.66. The molecule has 0 saturated carbocycles. The lowest BCUT2D eigenvalue weighted by atomic mass is 10.5. The summed E-state index contributed by atoms with van der Waals surface area (Å²) in [7, 11) is 1.81. The van der Waals surface area contributed by atoms with E-state index in [0.717, 1.165) is 0 Å². The van der Waals surface area contributed by atoms with E-state index in [1.54, 1.807) is 7.05 Å². The number of hydrogen-bond donors (Lipinski definition) is 3. The lowest BCUT2D eigenvalue weighted by Gasteiger charge is -1.99. The van der Waals surface area contributed by atoms with Crippen molar-refractivity contribution in [2.24, 2.45) is 0 Å². The van der Waals surface area contributed by atoms with Gasteiger partial charge in [-0.05, 0) is 12.3 Å². The van der Waals surface area contributed by atoms with Gasteiger partial charge in [0.15, 0.2) is 0 Å². The van der Waals surface area contributed by atoms with E-state index in [1.807, 2.05) is 0 Å². The summed E-state index contributed by atoms with van der Waals surface area (Å²) in [6.07, 6.45) is 0. The molecule has 0 atom stereocenters. The number of carbonyl (C=O) groups excluding carboxylic acids is 1. The third kappa shape index (κ3) is 2.27. The van der Waals surface area contributed by atoms with E-state index in [4.69, 9.17) is 0 Å². The van der Waals surface area contributed by atoms with E-state index >= 15 is 0 Å². The van der Waals surface area contributed by atoms with Crippen molar-refractivity contribution >= 4 is 5.91 Å². The summed E-state index contributed by atoms with van der Waals surface area (Å²) in [6.45, 7) is 1.26. The molecule has 0 aliphatic carbocycles. The molecule has 3 N–H and O–H groups in total. The van der Waals surface area contributed by atoms with Crippen LogP contribution in [0.5, 0.6) is 0 Å². The standard InChI is InChI=1S/C5H10N6O/c1-6-2-3-7-5(12)4-8-10-11-9-4/h6H,2-3H2,1H3,(H,7,12)(H,8,9,10,11). The number of likely N-dealkylation sites (N-methyl/N-ethyl adjacent to an activating group) is 1. The minimum Gasteiger partial charge on any atom is -0.348 e. The van der Waals surface area contributed by atoms with E-state index in [2.05, 4.69) is 31.3 Å². The Morgan fingerprint density at radius 1 is 1.58 bits per heavy atom.